The molecule has 2 atom stereocenters. The van der Waals surface area contributed by atoms with E-state index in [0.717, 1.165) is 24.9 Å². The minimum absolute atomic E-state index is 0.818. The maximum absolute atomic E-state index is 4.12. The Morgan fingerprint density at radius 1 is 1.00 bits per heavy atom. The average molecular weight is 297 g/mol. The van der Waals surface area contributed by atoms with E-state index in [4.69, 9.17) is 0 Å². The lowest BCUT2D eigenvalue weighted by molar-refractivity contribution is 0.142. The fourth-order valence-corrected chi connectivity index (χ4v) is 3.97. The molecule has 2 saturated heterocycles. The van der Waals surface area contributed by atoms with Gasteiger partial charge < -0.3 is 4.98 Å². The van der Waals surface area contributed by atoms with Gasteiger partial charge in [-0.05, 0) is 42.5 Å². The van der Waals surface area contributed by atoms with Crippen LogP contribution < -0.4 is 0 Å². The van der Waals surface area contributed by atoms with Crippen LogP contribution in [0.2, 0.25) is 0 Å². The Labute approximate surface area is 131 Å². The number of piperidine rings is 1. The average Bonchev–Trinajstić information content (AvgIpc) is 3.17. The second kappa shape index (κ2) is 6.18. The maximum atomic E-state index is 4.12. The molecule has 0 aliphatic carbocycles. The van der Waals surface area contributed by atoms with Crippen molar-refractivity contribution in [1.29, 1.82) is 0 Å². The fourth-order valence-electron chi connectivity index (χ4n) is 3.97. The maximum Gasteiger partial charge on any atom is 0.0922 e. The summed E-state index contributed by atoms with van der Waals surface area (Å²) < 4.78 is 0. The van der Waals surface area contributed by atoms with Gasteiger partial charge in [-0.2, -0.15) is 0 Å². The molecule has 2 aromatic heterocycles. The summed E-state index contributed by atoms with van der Waals surface area (Å²) >= 11 is 0. The highest BCUT2D eigenvalue weighted by atomic mass is 15.2. The van der Waals surface area contributed by atoms with Gasteiger partial charge in [0.25, 0.3) is 0 Å². The molecule has 0 unspecified atom stereocenters. The topological polar surface area (TPSA) is 48.0 Å². The Hall–Kier alpha value is -1.72. The van der Waals surface area contributed by atoms with Gasteiger partial charge in [0.05, 0.1) is 6.33 Å². The highest BCUT2D eigenvalue weighted by Gasteiger charge is 2.36. The summed E-state index contributed by atoms with van der Waals surface area (Å²) in [4.78, 5) is 16.6. The fraction of sp³-hybridized carbons (Fsp3) is 0.529. The first-order chi connectivity index (χ1) is 10.9. The molecule has 116 valence electrons. The summed E-state index contributed by atoms with van der Waals surface area (Å²) in [6.45, 7) is 6.99. The van der Waals surface area contributed by atoms with E-state index in [-0.39, 0.29) is 0 Å². The molecule has 0 bridgehead atoms. The Morgan fingerprint density at radius 2 is 1.82 bits per heavy atom. The lowest BCUT2D eigenvalue weighted by atomic mass is 9.88. The second-order valence-corrected chi connectivity index (χ2v) is 6.67. The molecule has 0 radical (unpaired) electrons. The van der Waals surface area contributed by atoms with E-state index in [0.29, 0.717) is 0 Å². The summed E-state index contributed by atoms with van der Waals surface area (Å²) in [7, 11) is 0. The molecule has 1 N–H and O–H groups in total. The van der Waals surface area contributed by atoms with Gasteiger partial charge in [-0.3, -0.25) is 14.8 Å². The van der Waals surface area contributed by atoms with Crippen LogP contribution in [0.5, 0.6) is 0 Å². The summed E-state index contributed by atoms with van der Waals surface area (Å²) in [5, 5.41) is 0. The van der Waals surface area contributed by atoms with E-state index < -0.39 is 0 Å². The Balaban J connectivity index is 1.33. The molecule has 5 heteroatoms. The standard InChI is InChI=1S/C17H23N5/c1-4-18-5-2-14(1)8-21-6-3-15-9-22(11-16(15)10-21)12-17-7-19-13-20-17/h1-2,4-5,7,13,15-16H,3,6,8-12H2,(H,19,20)/t15-,16+/m0/s1. The molecule has 2 aliphatic heterocycles. The van der Waals surface area contributed by atoms with Crippen LogP contribution in [-0.4, -0.2) is 50.9 Å². The molecule has 0 spiro atoms. The molecule has 2 aliphatic rings. The van der Waals surface area contributed by atoms with Crippen molar-refractivity contribution in [3.63, 3.8) is 0 Å². The molecule has 0 saturated carbocycles. The largest absolute Gasteiger partial charge is 0.347 e. The van der Waals surface area contributed by atoms with Crippen LogP contribution in [0.4, 0.5) is 0 Å². The lowest BCUT2D eigenvalue weighted by Crippen LogP contribution is -2.39. The number of hydrogen-bond donors (Lipinski definition) is 1. The van der Waals surface area contributed by atoms with Gasteiger partial charge in [-0.15, -0.1) is 0 Å². The third-order valence-corrected chi connectivity index (χ3v) is 5.07. The number of fused-ring (bicyclic) bond motifs is 1. The van der Waals surface area contributed by atoms with E-state index in [2.05, 4.69) is 36.9 Å². The van der Waals surface area contributed by atoms with E-state index in [9.17, 15) is 0 Å². The van der Waals surface area contributed by atoms with E-state index in [1.165, 1.54) is 43.9 Å². The number of aromatic nitrogens is 3. The number of aromatic amines is 1. The molecular formula is C17H23N5. The first-order valence-electron chi connectivity index (χ1n) is 8.17. The predicted octanol–water partition coefficient (Wildman–Crippen LogP) is 1.76. The highest BCUT2D eigenvalue weighted by molar-refractivity contribution is 5.09. The van der Waals surface area contributed by atoms with Crippen molar-refractivity contribution in [2.24, 2.45) is 11.8 Å². The Bertz CT molecular complexity index is 582. The summed E-state index contributed by atoms with van der Waals surface area (Å²) in [6.07, 6.45) is 8.83. The molecule has 4 rings (SSSR count). The zero-order chi connectivity index (χ0) is 14.8. The molecule has 4 heterocycles. The van der Waals surface area contributed by atoms with Crippen molar-refractivity contribution >= 4 is 0 Å². The number of imidazole rings is 1. The minimum Gasteiger partial charge on any atom is -0.347 e. The number of H-pyrrole nitrogens is 1. The van der Waals surface area contributed by atoms with E-state index in [1.54, 1.807) is 6.33 Å². The zero-order valence-electron chi connectivity index (χ0n) is 12.9. The monoisotopic (exact) mass is 297 g/mol. The van der Waals surface area contributed by atoms with Crippen molar-refractivity contribution in [1.82, 2.24) is 24.8 Å². The molecule has 0 aromatic carbocycles. The second-order valence-electron chi connectivity index (χ2n) is 6.67. The van der Waals surface area contributed by atoms with Crippen LogP contribution in [0.3, 0.4) is 0 Å². The van der Waals surface area contributed by atoms with Crippen molar-refractivity contribution in [2.45, 2.75) is 19.5 Å². The number of pyridine rings is 1. The normalized spacial score (nSPS) is 26.2. The van der Waals surface area contributed by atoms with Crippen molar-refractivity contribution in [3.8, 4) is 0 Å². The van der Waals surface area contributed by atoms with Gasteiger partial charge in [0.1, 0.15) is 0 Å². The molecule has 0 amide bonds. The highest BCUT2D eigenvalue weighted by Crippen LogP contribution is 2.32. The first kappa shape index (κ1) is 13.9. The summed E-state index contributed by atoms with van der Waals surface area (Å²) in [6, 6.07) is 4.26. The van der Waals surface area contributed by atoms with Gasteiger partial charge in [-0.1, -0.05) is 0 Å². The smallest absolute Gasteiger partial charge is 0.0922 e. The van der Waals surface area contributed by atoms with Gasteiger partial charge >= 0.3 is 0 Å². The quantitative estimate of drug-likeness (QED) is 0.934. The van der Waals surface area contributed by atoms with Gasteiger partial charge in [-0.25, -0.2) is 4.98 Å². The molecule has 2 fully saturated rings. The lowest BCUT2D eigenvalue weighted by Gasteiger charge is -2.34. The van der Waals surface area contributed by atoms with Crippen LogP contribution in [-0.2, 0) is 13.1 Å². The van der Waals surface area contributed by atoms with Crippen LogP contribution in [0.1, 0.15) is 17.7 Å². The van der Waals surface area contributed by atoms with Crippen LogP contribution in [0.25, 0.3) is 0 Å². The van der Waals surface area contributed by atoms with Crippen LogP contribution in [0, 0.1) is 11.8 Å². The molecular weight excluding hydrogens is 274 g/mol. The van der Waals surface area contributed by atoms with Gasteiger partial charge in [0.2, 0.25) is 0 Å². The Kier molecular flexibility index (Phi) is 3.91. The van der Waals surface area contributed by atoms with Crippen LogP contribution >= 0.6 is 0 Å². The number of rotatable bonds is 4. The van der Waals surface area contributed by atoms with E-state index in [1.807, 2.05) is 18.6 Å². The van der Waals surface area contributed by atoms with Crippen molar-refractivity contribution in [3.05, 3.63) is 48.3 Å². The van der Waals surface area contributed by atoms with Gasteiger partial charge in [0.15, 0.2) is 0 Å². The van der Waals surface area contributed by atoms with E-state index >= 15 is 0 Å². The SMILES string of the molecule is c1cc(CN2CC[C@H]3CN(Cc4cnc[nH]4)C[C@H]3C2)ccn1. The third kappa shape index (κ3) is 3.05. The van der Waals surface area contributed by atoms with Crippen LogP contribution in [0.15, 0.2) is 37.1 Å². The molecule has 22 heavy (non-hydrogen) atoms. The van der Waals surface area contributed by atoms with Crippen molar-refractivity contribution in [2.75, 3.05) is 26.2 Å². The third-order valence-electron chi connectivity index (χ3n) is 5.07. The molecule has 5 nitrogen and oxygen atoms in total. The zero-order valence-corrected chi connectivity index (χ0v) is 12.9. The van der Waals surface area contributed by atoms with Crippen molar-refractivity contribution < 1.29 is 0 Å². The first-order valence-corrected chi connectivity index (χ1v) is 8.17. The number of likely N-dealkylation sites (tertiary alicyclic amines) is 2. The Morgan fingerprint density at radius 3 is 2.64 bits per heavy atom. The number of nitrogens with zero attached hydrogens (tertiary/aromatic N) is 4. The number of hydrogen-bond acceptors (Lipinski definition) is 4. The minimum atomic E-state index is 0.818. The van der Waals surface area contributed by atoms with Gasteiger partial charge in [0, 0.05) is 57.0 Å². The summed E-state index contributed by atoms with van der Waals surface area (Å²) in [5.74, 6) is 1.69. The molecule has 2 aromatic rings. The number of nitrogens with one attached hydrogen (secondary N) is 1. The predicted molar refractivity (Wildman–Crippen MR) is 85.0 cm³/mol. The summed E-state index contributed by atoms with van der Waals surface area (Å²) in [5.41, 5.74) is 2.60.